The first kappa shape index (κ1) is 17.9. The van der Waals surface area contributed by atoms with E-state index in [-0.39, 0.29) is 4.90 Å². The minimum Gasteiger partial charge on any atom is -0.207 e. The van der Waals surface area contributed by atoms with Crippen LogP contribution in [0.3, 0.4) is 0 Å². The summed E-state index contributed by atoms with van der Waals surface area (Å²) in [5, 5.41) is 0. The van der Waals surface area contributed by atoms with Crippen LogP contribution in [-0.2, 0) is 10.0 Å². The van der Waals surface area contributed by atoms with Crippen LogP contribution < -0.4 is 4.72 Å². The first-order valence-corrected chi connectivity index (χ1v) is 10.1. The zero-order valence-electron chi connectivity index (χ0n) is 13.7. The fourth-order valence-electron chi connectivity index (χ4n) is 2.70. The number of nitrogens with one attached hydrogen (secondary N) is 1. The van der Waals surface area contributed by atoms with Crippen LogP contribution in [0.2, 0.25) is 0 Å². The SMILES string of the molecule is Cc1ccccc1C(NS(=O)(=O)c1ccc(Br)cc1)c1ccccc1. The fraction of sp³-hybridized carbons (Fsp3) is 0.100. The second-order valence-corrected chi connectivity index (χ2v) is 8.41. The molecule has 0 bridgehead atoms. The molecule has 0 heterocycles. The molecule has 3 nitrogen and oxygen atoms in total. The Morgan fingerprint density at radius 3 is 2.08 bits per heavy atom. The minimum absolute atomic E-state index is 0.241. The van der Waals surface area contributed by atoms with E-state index >= 15 is 0 Å². The van der Waals surface area contributed by atoms with Crippen LogP contribution in [0.15, 0.2) is 88.2 Å². The molecule has 0 aliphatic rings. The van der Waals surface area contributed by atoms with Gasteiger partial charge in [0, 0.05) is 4.47 Å². The molecule has 3 rings (SSSR count). The van der Waals surface area contributed by atoms with Crippen molar-refractivity contribution >= 4 is 26.0 Å². The molecule has 0 radical (unpaired) electrons. The van der Waals surface area contributed by atoms with Crippen LogP contribution in [0, 0.1) is 6.92 Å². The molecular weight excluding hydrogens is 398 g/mol. The molecule has 1 N–H and O–H groups in total. The Morgan fingerprint density at radius 2 is 1.44 bits per heavy atom. The lowest BCUT2D eigenvalue weighted by Gasteiger charge is -2.21. The van der Waals surface area contributed by atoms with Gasteiger partial charge in [-0.25, -0.2) is 8.42 Å². The van der Waals surface area contributed by atoms with E-state index in [9.17, 15) is 8.42 Å². The van der Waals surface area contributed by atoms with Crippen molar-refractivity contribution in [3.8, 4) is 0 Å². The molecule has 0 aromatic heterocycles. The normalized spacial score (nSPS) is 12.7. The summed E-state index contributed by atoms with van der Waals surface area (Å²) in [6.45, 7) is 1.99. The second-order valence-electron chi connectivity index (χ2n) is 5.78. The molecule has 3 aromatic rings. The van der Waals surface area contributed by atoms with Gasteiger partial charge in [0.05, 0.1) is 10.9 Å². The van der Waals surface area contributed by atoms with Gasteiger partial charge < -0.3 is 0 Å². The average Bonchev–Trinajstić information content (AvgIpc) is 2.61. The van der Waals surface area contributed by atoms with E-state index in [0.29, 0.717) is 0 Å². The van der Waals surface area contributed by atoms with Crippen LogP contribution in [0.4, 0.5) is 0 Å². The van der Waals surface area contributed by atoms with Gasteiger partial charge in [0.15, 0.2) is 0 Å². The van der Waals surface area contributed by atoms with Crippen molar-refractivity contribution in [2.24, 2.45) is 0 Å². The lowest BCUT2D eigenvalue weighted by atomic mass is 9.96. The largest absolute Gasteiger partial charge is 0.241 e. The first-order chi connectivity index (χ1) is 12.0. The summed E-state index contributed by atoms with van der Waals surface area (Å²) in [5.41, 5.74) is 2.88. The molecular formula is C20H18BrNO2S. The van der Waals surface area contributed by atoms with Gasteiger partial charge >= 0.3 is 0 Å². The van der Waals surface area contributed by atoms with Crippen LogP contribution >= 0.6 is 15.9 Å². The summed E-state index contributed by atoms with van der Waals surface area (Å²) in [5.74, 6) is 0. The number of sulfonamides is 1. The summed E-state index contributed by atoms with van der Waals surface area (Å²) < 4.78 is 29.5. The second kappa shape index (κ2) is 7.52. The molecule has 1 unspecified atom stereocenters. The van der Waals surface area contributed by atoms with Crippen molar-refractivity contribution in [2.75, 3.05) is 0 Å². The molecule has 0 saturated carbocycles. The lowest BCUT2D eigenvalue weighted by molar-refractivity contribution is 0.572. The number of rotatable bonds is 5. The molecule has 0 saturated heterocycles. The molecule has 5 heteroatoms. The van der Waals surface area contributed by atoms with Gasteiger partial charge in [-0.05, 0) is 47.9 Å². The highest BCUT2D eigenvalue weighted by atomic mass is 79.9. The van der Waals surface area contributed by atoms with E-state index in [1.54, 1.807) is 24.3 Å². The quantitative estimate of drug-likeness (QED) is 0.648. The van der Waals surface area contributed by atoms with Crippen molar-refractivity contribution in [3.63, 3.8) is 0 Å². The molecule has 0 fully saturated rings. The Bertz CT molecular complexity index is 955. The summed E-state index contributed by atoms with van der Waals surface area (Å²) in [6.07, 6.45) is 0. The Kier molecular flexibility index (Phi) is 5.37. The van der Waals surface area contributed by atoms with Crippen molar-refractivity contribution in [1.29, 1.82) is 0 Å². The summed E-state index contributed by atoms with van der Waals surface area (Å²) >= 11 is 3.33. The zero-order chi connectivity index (χ0) is 17.9. The lowest BCUT2D eigenvalue weighted by Crippen LogP contribution is -2.30. The highest BCUT2D eigenvalue weighted by Crippen LogP contribution is 2.27. The molecule has 128 valence electrons. The molecule has 25 heavy (non-hydrogen) atoms. The maximum Gasteiger partial charge on any atom is 0.241 e. The van der Waals surface area contributed by atoms with Crippen LogP contribution in [0.1, 0.15) is 22.7 Å². The van der Waals surface area contributed by atoms with Gasteiger partial charge in [-0.1, -0.05) is 70.5 Å². The number of halogens is 1. The number of hydrogen-bond donors (Lipinski definition) is 1. The third-order valence-electron chi connectivity index (χ3n) is 4.03. The fourth-order valence-corrected chi connectivity index (χ4v) is 4.17. The predicted molar refractivity (Wildman–Crippen MR) is 104 cm³/mol. The molecule has 0 aliphatic carbocycles. The smallest absolute Gasteiger partial charge is 0.207 e. The van der Waals surface area contributed by atoms with E-state index in [0.717, 1.165) is 21.2 Å². The number of benzene rings is 3. The van der Waals surface area contributed by atoms with Gasteiger partial charge in [0.1, 0.15) is 0 Å². The van der Waals surface area contributed by atoms with E-state index in [1.165, 1.54) is 0 Å². The molecule has 3 aromatic carbocycles. The van der Waals surface area contributed by atoms with Gasteiger partial charge in [-0.3, -0.25) is 0 Å². The molecule has 0 aliphatic heterocycles. The zero-order valence-corrected chi connectivity index (χ0v) is 16.1. The summed E-state index contributed by atoms with van der Waals surface area (Å²) in [7, 11) is -3.66. The van der Waals surface area contributed by atoms with Gasteiger partial charge in [-0.15, -0.1) is 0 Å². The topological polar surface area (TPSA) is 46.2 Å². The predicted octanol–water partition coefficient (Wildman–Crippen LogP) is 4.83. The monoisotopic (exact) mass is 415 g/mol. The maximum absolute atomic E-state index is 12.9. The third-order valence-corrected chi connectivity index (χ3v) is 6.00. The van der Waals surface area contributed by atoms with Crippen LogP contribution in [-0.4, -0.2) is 8.42 Å². The third kappa shape index (κ3) is 4.18. The first-order valence-electron chi connectivity index (χ1n) is 7.86. The van der Waals surface area contributed by atoms with Crippen LogP contribution in [0.25, 0.3) is 0 Å². The van der Waals surface area contributed by atoms with E-state index in [4.69, 9.17) is 0 Å². The summed E-state index contributed by atoms with van der Waals surface area (Å²) in [6, 6.07) is 23.6. The maximum atomic E-state index is 12.9. The minimum atomic E-state index is -3.66. The van der Waals surface area contributed by atoms with E-state index in [2.05, 4.69) is 20.7 Å². The van der Waals surface area contributed by atoms with Crippen molar-refractivity contribution in [1.82, 2.24) is 4.72 Å². The van der Waals surface area contributed by atoms with Crippen molar-refractivity contribution < 1.29 is 8.42 Å². The van der Waals surface area contributed by atoms with E-state index < -0.39 is 16.1 Å². The molecule has 0 spiro atoms. The molecule has 0 amide bonds. The Morgan fingerprint density at radius 1 is 0.840 bits per heavy atom. The van der Waals surface area contributed by atoms with Gasteiger partial charge in [0.2, 0.25) is 10.0 Å². The highest BCUT2D eigenvalue weighted by molar-refractivity contribution is 9.10. The summed E-state index contributed by atoms with van der Waals surface area (Å²) in [4.78, 5) is 0.241. The van der Waals surface area contributed by atoms with Crippen LogP contribution in [0.5, 0.6) is 0 Å². The van der Waals surface area contributed by atoms with E-state index in [1.807, 2.05) is 61.5 Å². The Hall–Kier alpha value is -1.95. The average molecular weight is 416 g/mol. The number of aryl methyl sites for hydroxylation is 1. The molecule has 1 atom stereocenters. The van der Waals surface area contributed by atoms with Crippen molar-refractivity contribution in [2.45, 2.75) is 17.9 Å². The van der Waals surface area contributed by atoms with Gasteiger partial charge in [-0.2, -0.15) is 4.72 Å². The van der Waals surface area contributed by atoms with Crippen molar-refractivity contribution in [3.05, 3.63) is 100 Å². The highest BCUT2D eigenvalue weighted by Gasteiger charge is 2.23. The Balaban J connectivity index is 2.04. The number of hydrogen-bond acceptors (Lipinski definition) is 2. The van der Waals surface area contributed by atoms with Gasteiger partial charge in [0.25, 0.3) is 0 Å². The Labute approximate surface area is 156 Å². The standard InChI is InChI=1S/C20H18BrNO2S/c1-15-7-5-6-10-19(15)20(16-8-3-2-4-9-16)22-25(23,24)18-13-11-17(21)12-14-18/h2-14,20,22H,1H3.